The van der Waals surface area contributed by atoms with Crippen LogP contribution in [0.15, 0.2) is 12.1 Å². The summed E-state index contributed by atoms with van der Waals surface area (Å²) in [6.07, 6.45) is 0.950. The first-order chi connectivity index (χ1) is 9.54. The average Bonchev–Trinajstić information content (AvgIpc) is 2.89. The van der Waals surface area contributed by atoms with Crippen LogP contribution in [0.25, 0.3) is 0 Å². The maximum atomic E-state index is 11.9. The molecule has 0 spiro atoms. The molecule has 110 valence electrons. The molecule has 1 amide bonds. The summed E-state index contributed by atoms with van der Waals surface area (Å²) in [5, 5.41) is 2.93. The third-order valence-corrected chi connectivity index (χ3v) is 4.00. The van der Waals surface area contributed by atoms with Gasteiger partial charge in [0, 0.05) is 12.6 Å². The van der Waals surface area contributed by atoms with Crippen LogP contribution < -0.4 is 11.1 Å². The number of nitrogens with two attached hydrogens (primary N) is 1. The summed E-state index contributed by atoms with van der Waals surface area (Å²) in [6.45, 7) is 6.33. The van der Waals surface area contributed by atoms with Crippen LogP contribution in [0.2, 0.25) is 0 Å². The Hall–Kier alpha value is -1.35. The van der Waals surface area contributed by atoms with E-state index in [0.717, 1.165) is 17.8 Å². The Balaban J connectivity index is 2.34. The van der Waals surface area contributed by atoms with Gasteiger partial charge >= 0.3 is 0 Å². The van der Waals surface area contributed by atoms with E-state index in [-0.39, 0.29) is 5.91 Å². The molecule has 0 bridgehead atoms. The molecule has 3 N–H and O–H groups in total. The third-order valence-electron chi connectivity index (χ3n) is 3.00. The molecule has 1 heterocycles. The molecule has 0 saturated heterocycles. The molecule has 20 heavy (non-hydrogen) atoms. The summed E-state index contributed by atoms with van der Waals surface area (Å²) in [5.74, 6) is 5.69. The van der Waals surface area contributed by atoms with Gasteiger partial charge in [0.2, 0.25) is 0 Å². The molecule has 0 unspecified atom stereocenters. The van der Waals surface area contributed by atoms with Gasteiger partial charge in [-0.3, -0.25) is 4.79 Å². The first-order valence-corrected chi connectivity index (χ1v) is 7.63. The summed E-state index contributed by atoms with van der Waals surface area (Å²) in [6, 6.07) is 4.20. The van der Waals surface area contributed by atoms with Gasteiger partial charge in [-0.1, -0.05) is 11.8 Å². The molecule has 0 aliphatic carbocycles. The van der Waals surface area contributed by atoms with Crippen molar-refractivity contribution in [3.05, 3.63) is 21.9 Å². The summed E-state index contributed by atoms with van der Waals surface area (Å²) >= 11 is 1.40. The van der Waals surface area contributed by atoms with E-state index in [1.54, 1.807) is 6.07 Å². The van der Waals surface area contributed by atoms with Crippen molar-refractivity contribution < 1.29 is 4.79 Å². The van der Waals surface area contributed by atoms with E-state index < -0.39 is 0 Å². The van der Waals surface area contributed by atoms with Gasteiger partial charge in [-0.2, -0.15) is 0 Å². The molecule has 0 aliphatic heterocycles. The Kier molecular flexibility index (Phi) is 7.31. The molecular weight excluding hydrogens is 270 g/mol. The fourth-order valence-corrected chi connectivity index (χ4v) is 2.34. The Bertz CT molecular complexity index is 485. The van der Waals surface area contributed by atoms with Crippen LogP contribution in [0.4, 0.5) is 0 Å². The summed E-state index contributed by atoms with van der Waals surface area (Å²) < 4.78 is 0. The highest BCUT2D eigenvalue weighted by Crippen LogP contribution is 2.15. The fourth-order valence-electron chi connectivity index (χ4n) is 1.54. The maximum absolute atomic E-state index is 11.9. The molecule has 0 fully saturated rings. The Morgan fingerprint density at radius 3 is 2.90 bits per heavy atom. The molecule has 1 aromatic rings. The highest BCUT2D eigenvalue weighted by molar-refractivity contribution is 7.14. The first-order valence-electron chi connectivity index (χ1n) is 6.81. The van der Waals surface area contributed by atoms with Crippen molar-refractivity contribution in [2.75, 3.05) is 26.7 Å². The molecule has 0 saturated carbocycles. The van der Waals surface area contributed by atoms with E-state index in [1.807, 2.05) is 6.07 Å². The predicted octanol–water partition coefficient (Wildman–Crippen LogP) is 1.52. The van der Waals surface area contributed by atoms with E-state index in [4.69, 9.17) is 5.73 Å². The highest BCUT2D eigenvalue weighted by Gasteiger charge is 2.08. The number of carbonyl (C=O) groups excluding carboxylic acids is 1. The second-order valence-electron chi connectivity index (χ2n) is 4.85. The number of hydrogen-bond donors (Lipinski definition) is 2. The van der Waals surface area contributed by atoms with Gasteiger partial charge < -0.3 is 16.0 Å². The standard InChI is InChI=1S/C15H23N3OS/c1-12(2)18(3)11-5-10-17-15(19)14-8-7-13(20-14)6-4-9-16/h7-8,12H,5,9-11,16H2,1-3H3,(H,17,19). The van der Waals surface area contributed by atoms with Crippen molar-refractivity contribution in [2.24, 2.45) is 5.73 Å². The number of thiophene rings is 1. The second-order valence-corrected chi connectivity index (χ2v) is 5.94. The lowest BCUT2D eigenvalue weighted by atomic mass is 10.3. The minimum absolute atomic E-state index is 0.0250. The zero-order chi connectivity index (χ0) is 15.0. The van der Waals surface area contributed by atoms with E-state index in [9.17, 15) is 4.79 Å². The second kappa shape index (κ2) is 8.75. The lowest BCUT2D eigenvalue weighted by Gasteiger charge is -2.20. The third kappa shape index (κ3) is 5.74. The summed E-state index contributed by atoms with van der Waals surface area (Å²) in [7, 11) is 2.09. The SMILES string of the molecule is CC(C)N(C)CCCNC(=O)c1ccc(C#CCN)s1. The van der Waals surface area contributed by atoms with Crippen LogP contribution in [0.1, 0.15) is 34.8 Å². The molecule has 0 aliphatic rings. The molecule has 4 nitrogen and oxygen atoms in total. The van der Waals surface area contributed by atoms with Crippen LogP contribution in [0.5, 0.6) is 0 Å². The van der Waals surface area contributed by atoms with Crippen molar-refractivity contribution in [1.82, 2.24) is 10.2 Å². The maximum Gasteiger partial charge on any atom is 0.261 e. The smallest absolute Gasteiger partial charge is 0.261 e. The molecule has 0 aromatic carbocycles. The molecule has 1 rings (SSSR count). The van der Waals surface area contributed by atoms with E-state index in [1.165, 1.54) is 11.3 Å². The highest BCUT2D eigenvalue weighted by atomic mass is 32.1. The van der Waals surface area contributed by atoms with Crippen LogP contribution in [-0.4, -0.2) is 43.5 Å². The van der Waals surface area contributed by atoms with Gasteiger partial charge in [0.1, 0.15) is 0 Å². The number of nitrogens with one attached hydrogen (secondary N) is 1. The van der Waals surface area contributed by atoms with Crippen molar-refractivity contribution in [1.29, 1.82) is 0 Å². The number of nitrogens with zero attached hydrogens (tertiary/aromatic N) is 1. The van der Waals surface area contributed by atoms with Crippen LogP contribution >= 0.6 is 11.3 Å². The van der Waals surface area contributed by atoms with Gasteiger partial charge in [0.15, 0.2) is 0 Å². The van der Waals surface area contributed by atoms with E-state index in [2.05, 4.69) is 43.0 Å². The number of carbonyl (C=O) groups is 1. The quantitative estimate of drug-likeness (QED) is 0.617. The van der Waals surface area contributed by atoms with E-state index >= 15 is 0 Å². The Morgan fingerprint density at radius 1 is 1.50 bits per heavy atom. The van der Waals surface area contributed by atoms with Crippen LogP contribution in [0.3, 0.4) is 0 Å². The predicted molar refractivity (Wildman–Crippen MR) is 85.0 cm³/mol. The summed E-state index contributed by atoms with van der Waals surface area (Å²) in [5.41, 5.74) is 5.32. The molecule has 1 aromatic heterocycles. The molecule has 0 atom stereocenters. The molecular formula is C15H23N3OS. The monoisotopic (exact) mass is 293 g/mol. The first kappa shape index (κ1) is 16.7. The largest absolute Gasteiger partial charge is 0.351 e. The van der Waals surface area contributed by atoms with Gasteiger partial charge in [-0.25, -0.2) is 0 Å². The zero-order valence-electron chi connectivity index (χ0n) is 12.4. The minimum Gasteiger partial charge on any atom is -0.351 e. The zero-order valence-corrected chi connectivity index (χ0v) is 13.2. The normalized spacial score (nSPS) is 10.5. The van der Waals surface area contributed by atoms with Crippen LogP contribution in [-0.2, 0) is 0 Å². The number of rotatable bonds is 6. The van der Waals surface area contributed by atoms with Gasteiger partial charge in [-0.15, -0.1) is 11.3 Å². The van der Waals surface area contributed by atoms with Crippen molar-refractivity contribution in [3.63, 3.8) is 0 Å². The van der Waals surface area contributed by atoms with Gasteiger partial charge in [-0.05, 0) is 46.0 Å². The topological polar surface area (TPSA) is 58.4 Å². The Morgan fingerprint density at radius 2 is 2.25 bits per heavy atom. The van der Waals surface area contributed by atoms with Crippen molar-refractivity contribution in [3.8, 4) is 11.8 Å². The Labute approximate surface area is 125 Å². The van der Waals surface area contributed by atoms with Gasteiger partial charge in [0.25, 0.3) is 5.91 Å². The lowest BCUT2D eigenvalue weighted by molar-refractivity contribution is 0.0955. The molecule has 0 radical (unpaired) electrons. The number of amides is 1. The number of hydrogen-bond acceptors (Lipinski definition) is 4. The lowest BCUT2D eigenvalue weighted by Crippen LogP contribution is -2.31. The van der Waals surface area contributed by atoms with Crippen molar-refractivity contribution >= 4 is 17.2 Å². The van der Waals surface area contributed by atoms with E-state index in [0.29, 0.717) is 24.0 Å². The summed E-state index contributed by atoms with van der Waals surface area (Å²) in [4.78, 5) is 15.8. The van der Waals surface area contributed by atoms with Gasteiger partial charge in [0.05, 0.1) is 16.3 Å². The van der Waals surface area contributed by atoms with Crippen molar-refractivity contribution in [2.45, 2.75) is 26.3 Å². The minimum atomic E-state index is -0.0250. The fraction of sp³-hybridized carbons (Fsp3) is 0.533. The molecule has 5 heteroatoms. The van der Waals surface area contributed by atoms with Crippen LogP contribution in [0, 0.1) is 11.8 Å². The average molecular weight is 293 g/mol.